The lowest BCUT2D eigenvalue weighted by Crippen LogP contribution is -2.60. The largest absolute Gasteiger partial charge is 0.332 e. The molecule has 1 amide bonds. The molecule has 5 heteroatoms. The molecule has 3 saturated heterocycles. The quantitative estimate of drug-likeness (QED) is 0.612. The number of benzene rings is 1. The van der Waals surface area contributed by atoms with Crippen molar-refractivity contribution in [3.63, 3.8) is 0 Å². The first kappa shape index (κ1) is 18.0. The van der Waals surface area contributed by atoms with Gasteiger partial charge in [-0.15, -0.1) is 0 Å². The van der Waals surface area contributed by atoms with Gasteiger partial charge in [0.2, 0.25) is 0 Å². The van der Waals surface area contributed by atoms with Gasteiger partial charge in [0.05, 0.1) is 6.04 Å². The minimum Gasteiger partial charge on any atom is -0.332 e. The first-order valence-electron chi connectivity index (χ1n) is 10.3. The molecule has 0 unspecified atom stereocenters. The van der Waals surface area contributed by atoms with E-state index in [9.17, 15) is 4.79 Å². The lowest BCUT2D eigenvalue weighted by atomic mass is 9.68. The van der Waals surface area contributed by atoms with Gasteiger partial charge in [0.25, 0.3) is 5.91 Å². The highest BCUT2D eigenvalue weighted by atomic mass is 35.5. The summed E-state index contributed by atoms with van der Waals surface area (Å²) in [5, 5.41) is 1.05. The highest BCUT2D eigenvalue weighted by Gasteiger charge is 2.46. The fourth-order valence-electron chi connectivity index (χ4n) is 6.04. The van der Waals surface area contributed by atoms with Gasteiger partial charge in [0.1, 0.15) is 0 Å². The molecule has 3 fully saturated rings. The van der Waals surface area contributed by atoms with Crippen LogP contribution in [0.1, 0.15) is 48.9 Å². The van der Waals surface area contributed by atoms with Gasteiger partial charge < -0.3 is 4.90 Å². The second kappa shape index (κ2) is 7.09. The molecule has 144 valence electrons. The van der Waals surface area contributed by atoms with Crippen molar-refractivity contribution in [1.82, 2.24) is 9.80 Å². The predicted molar refractivity (Wildman–Crippen MR) is 109 cm³/mol. The van der Waals surface area contributed by atoms with Gasteiger partial charge in [-0.3, -0.25) is 9.69 Å². The zero-order valence-electron chi connectivity index (χ0n) is 15.5. The second-order valence-electron chi connectivity index (χ2n) is 8.66. The predicted octanol–water partition coefficient (Wildman–Crippen LogP) is 5.03. The van der Waals surface area contributed by atoms with E-state index in [2.05, 4.69) is 15.9 Å². The lowest BCUT2D eigenvalue weighted by Gasteiger charge is -2.54. The molecule has 3 nitrogen and oxygen atoms in total. The summed E-state index contributed by atoms with van der Waals surface area (Å²) in [6, 6.07) is 6.18. The number of carbonyl (C=O) groups is 1. The summed E-state index contributed by atoms with van der Waals surface area (Å²) in [5.74, 6) is 1.32. The van der Waals surface area contributed by atoms with E-state index in [-0.39, 0.29) is 11.9 Å². The van der Waals surface area contributed by atoms with Crippen LogP contribution in [0.15, 0.2) is 29.8 Å². The zero-order valence-corrected chi connectivity index (χ0v) is 17.1. The standard InChI is InChI=1S/C22H26Cl2N2O/c23-18-10-16(11-19(24)12-18)22(27)26-7-3-4-14-8-15-9-17(21(14)26)13-25-6-2-1-5-20(15)25/h8,10-12,15,17,20-21H,1-7,9,13H2/t15-,17+,20+,21+/m0/s1. The van der Waals surface area contributed by atoms with E-state index in [1.807, 2.05) is 0 Å². The van der Waals surface area contributed by atoms with Gasteiger partial charge in [-0.25, -0.2) is 0 Å². The van der Waals surface area contributed by atoms with Gasteiger partial charge in [-0.1, -0.05) is 41.3 Å². The Hall–Kier alpha value is -1.03. The van der Waals surface area contributed by atoms with Crippen LogP contribution in [0.2, 0.25) is 10.0 Å². The van der Waals surface area contributed by atoms with Crippen molar-refractivity contribution in [2.45, 2.75) is 50.6 Å². The molecule has 0 N–H and O–H groups in total. The minimum atomic E-state index is 0.0780. The van der Waals surface area contributed by atoms with Crippen molar-refractivity contribution in [2.75, 3.05) is 19.6 Å². The molecule has 3 heterocycles. The topological polar surface area (TPSA) is 23.6 Å². The van der Waals surface area contributed by atoms with E-state index in [4.69, 9.17) is 23.2 Å². The van der Waals surface area contributed by atoms with Crippen LogP contribution in [0, 0.1) is 11.8 Å². The third-order valence-electron chi connectivity index (χ3n) is 7.03. The molecule has 1 aromatic rings. The van der Waals surface area contributed by atoms with Crippen LogP contribution >= 0.6 is 23.2 Å². The van der Waals surface area contributed by atoms with Crippen LogP contribution in [-0.2, 0) is 0 Å². The van der Waals surface area contributed by atoms with E-state index in [1.54, 1.807) is 18.2 Å². The number of carbonyl (C=O) groups excluding carboxylic acids is 1. The summed E-state index contributed by atoms with van der Waals surface area (Å²) in [4.78, 5) is 18.2. The summed E-state index contributed by atoms with van der Waals surface area (Å²) in [6.07, 6.45) is 10.0. The number of halogens is 2. The smallest absolute Gasteiger partial charge is 0.254 e. The summed E-state index contributed by atoms with van der Waals surface area (Å²) < 4.78 is 0. The monoisotopic (exact) mass is 404 g/mol. The van der Waals surface area contributed by atoms with Crippen LogP contribution in [0.5, 0.6) is 0 Å². The minimum absolute atomic E-state index is 0.0780. The van der Waals surface area contributed by atoms with Gasteiger partial charge in [0, 0.05) is 34.7 Å². The first-order valence-corrected chi connectivity index (χ1v) is 11.1. The van der Waals surface area contributed by atoms with E-state index in [0.717, 1.165) is 32.0 Å². The van der Waals surface area contributed by atoms with Crippen LogP contribution in [0.3, 0.4) is 0 Å². The molecule has 1 aromatic carbocycles. The van der Waals surface area contributed by atoms with E-state index in [0.29, 0.717) is 27.4 Å². The number of nitrogens with zero attached hydrogens (tertiary/aromatic N) is 2. The Balaban J connectivity index is 1.47. The van der Waals surface area contributed by atoms with Crippen molar-refractivity contribution in [3.05, 3.63) is 45.5 Å². The van der Waals surface area contributed by atoms with Gasteiger partial charge in [-0.2, -0.15) is 0 Å². The van der Waals surface area contributed by atoms with Gasteiger partial charge >= 0.3 is 0 Å². The molecule has 2 bridgehead atoms. The molecule has 5 rings (SSSR count). The molecule has 0 aromatic heterocycles. The molecule has 0 spiro atoms. The maximum absolute atomic E-state index is 13.4. The summed E-state index contributed by atoms with van der Waals surface area (Å²) in [5.41, 5.74) is 2.12. The first-order chi connectivity index (χ1) is 13.1. The van der Waals surface area contributed by atoms with Crippen LogP contribution < -0.4 is 0 Å². The van der Waals surface area contributed by atoms with Crippen molar-refractivity contribution in [2.24, 2.45) is 11.8 Å². The Bertz CT molecular complexity index is 772. The average Bonchev–Trinajstić information content (AvgIpc) is 2.66. The molecule has 4 atom stereocenters. The Labute approximate surface area is 171 Å². The number of fused-ring (bicyclic) bond motifs is 6. The van der Waals surface area contributed by atoms with Gasteiger partial charge in [0.15, 0.2) is 0 Å². The van der Waals surface area contributed by atoms with E-state index < -0.39 is 0 Å². The number of likely N-dealkylation sites (tertiary alicyclic amines) is 1. The number of amides is 1. The Morgan fingerprint density at radius 3 is 2.67 bits per heavy atom. The molecule has 0 saturated carbocycles. The fraction of sp³-hybridized carbons (Fsp3) is 0.591. The second-order valence-corrected chi connectivity index (χ2v) is 9.54. The van der Waals surface area contributed by atoms with Crippen LogP contribution in [0.4, 0.5) is 0 Å². The molecular weight excluding hydrogens is 379 g/mol. The summed E-state index contributed by atoms with van der Waals surface area (Å²) >= 11 is 12.3. The zero-order chi connectivity index (χ0) is 18.5. The Morgan fingerprint density at radius 1 is 1.04 bits per heavy atom. The summed E-state index contributed by atoms with van der Waals surface area (Å²) in [7, 11) is 0. The van der Waals surface area contributed by atoms with Crippen molar-refractivity contribution in [1.29, 1.82) is 0 Å². The number of hydrogen-bond acceptors (Lipinski definition) is 2. The lowest BCUT2D eigenvalue weighted by molar-refractivity contribution is 0.00148. The number of hydrogen-bond donors (Lipinski definition) is 0. The molecule has 1 aliphatic carbocycles. The van der Waals surface area contributed by atoms with Crippen molar-refractivity contribution in [3.8, 4) is 0 Å². The van der Waals surface area contributed by atoms with Gasteiger partial charge in [-0.05, 0) is 68.7 Å². The highest BCUT2D eigenvalue weighted by molar-refractivity contribution is 6.35. The molecular formula is C22H26Cl2N2O. The van der Waals surface area contributed by atoms with Crippen LogP contribution in [0.25, 0.3) is 0 Å². The molecule has 4 aliphatic rings. The molecule has 3 aliphatic heterocycles. The maximum Gasteiger partial charge on any atom is 0.254 e. The van der Waals surface area contributed by atoms with E-state index in [1.165, 1.54) is 37.8 Å². The molecule has 0 radical (unpaired) electrons. The van der Waals surface area contributed by atoms with Crippen LogP contribution in [-0.4, -0.2) is 47.4 Å². The fourth-order valence-corrected chi connectivity index (χ4v) is 6.57. The Morgan fingerprint density at radius 2 is 1.85 bits per heavy atom. The maximum atomic E-state index is 13.4. The summed E-state index contributed by atoms with van der Waals surface area (Å²) in [6.45, 7) is 3.20. The third kappa shape index (κ3) is 3.22. The third-order valence-corrected chi connectivity index (χ3v) is 7.46. The van der Waals surface area contributed by atoms with Crippen molar-refractivity contribution < 1.29 is 4.79 Å². The highest BCUT2D eigenvalue weighted by Crippen LogP contribution is 2.45. The van der Waals surface area contributed by atoms with E-state index >= 15 is 0 Å². The molecule has 27 heavy (non-hydrogen) atoms. The normalized spacial score (nSPS) is 33.1. The Kier molecular flexibility index (Phi) is 4.74. The van der Waals surface area contributed by atoms with Crippen molar-refractivity contribution >= 4 is 29.1 Å². The number of rotatable bonds is 1. The number of piperidine rings is 3. The SMILES string of the molecule is O=C(c1cc(Cl)cc(Cl)c1)N1CCCC2=C[C@H]3C[C@H](CN4CCCC[C@H]34)[C@@H]21. The average molecular weight is 405 g/mol.